The lowest BCUT2D eigenvalue weighted by molar-refractivity contribution is -0.538. The van der Waals surface area contributed by atoms with Crippen molar-refractivity contribution in [1.29, 1.82) is 0 Å². The number of benzene rings is 3. The third kappa shape index (κ3) is 2.83. The van der Waals surface area contributed by atoms with Gasteiger partial charge in [0.05, 0.1) is 0 Å². The number of fused-ring (bicyclic) bond motifs is 1. The molecule has 0 unspecified atom stereocenters. The first-order chi connectivity index (χ1) is 14.6. The first-order valence-corrected chi connectivity index (χ1v) is 10.7. The second-order valence-electron chi connectivity index (χ2n) is 8.64. The van der Waals surface area contributed by atoms with E-state index >= 15 is 0 Å². The lowest BCUT2D eigenvalue weighted by Gasteiger charge is -2.36. The molecule has 0 saturated carbocycles. The molecule has 146 valence electrons. The van der Waals surface area contributed by atoms with E-state index in [1.165, 1.54) is 44.3 Å². The first-order valence-electron chi connectivity index (χ1n) is 10.7. The smallest absolute Gasteiger partial charge is 0.361 e. The van der Waals surface area contributed by atoms with Crippen LogP contribution in [0.4, 0.5) is 0 Å². The minimum absolute atomic E-state index is 1.24. The van der Waals surface area contributed by atoms with E-state index in [4.69, 9.17) is 0 Å². The van der Waals surface area contributed by atoms with Gasteiger partial charge in [0.1, 0.15) is 11.9 Å². The van der Waals surface area contributed by atoms with Gasteiger partial charge in [-0.25, -0.2) is 0 Å². The minimum Gasteiger partial charge on any atom is -0.409 e. The highest BCUT2D eigenvalue weighted by Crippen LogP contribution is 2.31. The molecule has 0 radical (unpaired) electrons. The summed E-state index contributed by atoms with van der Waals surface area (Å²) < 4.78 is 2.49. The number of hydrogen-bond donors (Lipinski definition) is 0. The normalized spacial score (nSPS) is 14.3. The van der Waals surface area contributed by atoms with E-state index in [-0.39, 0.29) is 0 Å². The van der Waals surface area contributed by atoms with E-state index in [0.29, 0.717) is 0 Å². The van der Waals surface area contributed by atoms with Crippen LogP contribution in [0, 0.1) is 20.8 Å². The fourth-order valence-corrected chi connectivity index (χ4v) is 5.01. The minimum atomic E-state index is -1.33. The molecule has 0 bridgehead atoms. The quantitative estimate of drug-likeness (QED) is 0.453. The van der Waals surface area contributed by atoms with Gasteiger partial charge in [0.15, 0.2) is 0 Å². The summed E-state index contributed by atoms with van der Waals surface area (Å²) in [6.45, 7) is 6.46. The number of nitrogens with zero attached hydrogens (tertiary/aromatic N) is 1. The second-order valence-corrected chi connectivity index (χ2v) is 8.64. The Bertz CT molecular complexity index is 1190. The fraction of sp³-hybridized carbons (Fsp3) is 0.107. The predicted octanol–water partition coefficient (Wildman–Crippen LogP) is 4.60. The number of hydrogen-bond acceptors (Lipinski definition) is 0. The monoisotopic (exact) mass is 387 g/mol. The molecular weight excluding hydrogens is 361 g/mol. The Hall–Kier alpha value is -3.39. The van der Waals surface area contributed by atoms with Crippen molar-refractivity contribution in [2.24, 2.45) is 0 Å². The van der Waals surface area contributed by atoms with Crippen LogP contribution in [0.15, 0.2) is 97.2 Å². The SMILES string of the molecule is Cc1ccc(C2=Cc3cccc[n+]3[B-]2(c2ccc(C)cc2)c2ccc(C)cc2)cc1. The molecule has 0 atom stereocenters. The van der Waals surface area contributed by atoms with Crippen molar-refractivity contribution in [3.63, 3.8) is 0 Å². The van der Waals surface area contributed by atoms with Gasteiger partial charge in [0.25, 0.3) is 0 Å². The number of aryl methyl sites for hydroxylation is 3. The Morgan fingerprint density at radius 3 is 1.60 bits per heavy atom. The highest BCUT2D eigenvalue weighted by molar-refractivity contribution is 7.10. The highest BCUT2D eigenvalue weighted by Gasteiger charge is 2.48. The van der Waals surface area contributed by atoms with Crippen molar-refractivity contribution in [2.75, 3.05) is 0 Å². The van der Waals surface area contributed by atoms with Crippen molar-refractivity contribution in [2.45, 2.75) is 20.8 Å². The van der Waals surface area contributed by atoms with Gasteiger partial charge < -0.3 is 4.48 Å². The Balaban J connectivity index is 1.88. The van der Waals surface area contributed by atoms with E-state index in [9.17, 15) is 0 Å². The van der Waals surface area contributed by atoms with Crippen LogP contribution in [-0.2, 0) is 0 Å². The summed E-state index contributed by atoms with van der Waals surface area (Å²) in [4.78, 5) is 0. The summed E-state index contributed by atoms with van der Waals surface area (Å²) in [6, 6.07) is 33.7. The summed E-state index contributed by atoms with van der Waals surface area (Å²) in [6.07, 6.45) is 3.29. The summed E-state index contributed by atoms with van der Waals surface area (Å²) >= 11 is 0. The highest BCUT2D eigenvalue weighted by atomic mass is 14.9. The zero-order chi connectivity index (χ0) is 20.7. The third-order valence-electron chi connectivity index (χ3n) is 6.60. The lowest BCUT2D eigenvalue weighted by Crippen LogP contribution is -2.78. The standard InChI is InChI=1S/C28H26BN/c1-21-7-13-24(14-8-21)28-20-27-6-4-5-19-30(27)29(28,25-15-9-22(2)10-16-25)26-17-11-23(3)12-18-26/h4-20H,1-3H3. The molecule has 1 aliphatic rings. The van der Waals surface area contributed by atoms with Crippen LogP contribution in [0.1, 0.15) is 27.9 Å². The molecule has 0 amide bonds. The molecule has 3 aromatic carbocycles. The maximum absolute atomic E-state index is 2.49. The number of aromatic nitrogens is 1. The lowest BCUT2D eigenvalue weighted by atomic mass is 9.23. The van der Waals surface area contributed by atoms with Crippen LogP contribution in [0.2, 0.25) is 0 Å². The third-order valence-corrected chi connectivity index (χ3v) is 6.60. The van der Waals surface area contributed by atoms with Crippen molar-refractivity contribution in [3.05, 3.63) is 125 Å². The summed E-state index contributed by atoms with van der Waals surface area (Å²) in [5.74, 6) is 0. The maximum Gasteiger partial charge on any atom is 0.361 e. The Morgan fingerprint density at radius 2 is 1.07 bits per heavy atom. The zero-order valence-electron chi connectivity index (χ0n) is 17.8. The predicted molar refractivity (Wildman–Crippen MR) is 128 cm³/mol. The Kier molecular flexibility index (Phi) is 4.44. The molecule has 0 N–H and O–H groups in total. The molecule has 1 nitrogen and oxygen atoms in total. The van der Waals surface area contributed by atoms with E-state index < -0.39 is 6.28 Å². The molecule has 1 aromatic heterocycles. The van der Waals surface area contributed by atoms with Gasteiger partial charge in [0.2, 0.25) is 0 Å². The molecule has 1 aliphatic heterocycles. The van der Waals surface area contributed by atoms with Gasteiger partial charge in [-0.1, -0.05) is 101 Å². The number of pyridine rings is 1. The van der Waals surface area contributed by atoms with Gasteiger partial charge in [-0.15, -0.1) is 16.4 Å². The molecule has 4 aromatic rings. The molecule has 0 fully saturated rings. The van der Waals surface area contributed by atoms with Gasteiger partial charge in [-0.2, -0.15) is 0 Å². The van der Waals surface area contributed by atoms with Gasteiger partial charge in [-0.05, 0) is 32.9 Å². The van der Waals surface area contributed by atoms with Crippen LogP contribution < -0.4 is 15.4 Å². The summed E-state index contributed by atoms with van der Waals surface area (Å²) in [5, 5.41) is 0. The average molecular weight is 387 g/mol. The van der Waals surface area contributed by atoms with Crippen LogP contribution >= 0.6 is 0 Å². The second kappa shape index (κ2) is 7.14. The van der Waals surface area contributed by atoms with Gasteiger partial charge in [0, 0.05) is 6.07 Å². The topological polar surface area (TPSA) is 3.88 Å². The van der Waals surface area contributed by atoms with E-state index in [2.05, 4.69) is 129 Å². The van der Waals surface area contributed by atoms with Crippen molar-refractivity contribution >= 4 is 28.8 Å². The fourth-order valence-electron chi connectivity index (χ4n) is 5.01. The van der Waals surface area contributed by atoms with E-state index in [1.807, 2.05) is 0 Å². The Labute approximate surface area is 179 Å². The summed E-state index contributed by atoms with van der Waals surface area (Å²) in [5.41, 5.74) is 10.4. The molecule has 30 heavy (non-hydrogen) atoms. The van der Waals surface area contributed by atoms with Crippen LogP contribution in [-0.4, -0.2) is 6.28 Å². The maximum atomic E-state index is 2.49. The zero-order valence-corrected chi connectivity index (χ0v) is 17.8. The summed E-state index contributed by atoms with van der Waals surface area (Å²) in [7, 11) is 0. The van der Waals surface area contributed by atoms with Crippen LogP contribution in [0.5, 0.6) is 0 Å². The molecule has 0 saturated heterocycles. The van der Waals surface area contributed by atoms with Crippen LogP contribution in [0.25, 0.3) is 11.5 Å². The average Bonchev–Trinajstić information content (AvgIpc) is 3.11. The van der Waals surface area contributed by atoms with Crippen molar-refractivity contribution in [3.8, 4) is 0 Å². The van der Waals surface area contributed by atoms with E-state index in [0.717, 1.165) is 0 Å². The molecule has 0 spiro atoms. The first kappa shape index (κ1) is 18.6. The van der Waals surface area contributed by atoms with Crippen LogP contribution in [0.3, 0.4) is 0 Å². The van der Waals surface area contributed by atoms with E-state index in [1.54, 1.807) is 0 Å². The largest absolute Gasteiger partial charge is 0.409 e. The molecular formula is C28H26BN. The van der Waals surface area contributed by atoms with Gasteiger partial charge in [-0.3, -0.25) is 0 Å². The van der Waals surface area contributed by atoms with Gasteiger partial charge >= 0.3 is 6.28 Å². The molecule has 5 rings (SSSR count). The molecule has 0 aliphatic carbocycles. The Morgan fingerprint density at radius 1 is 0.567 bits per heavy atom. The van der Waals surface area contributed by atoms with Crippen molar-refractivity contribution in [1.82, 2.24) is 0 Å². The molecule has 2 heterocycles. The molecule has 2 heteroatoms. The number of rotatable bonds is 3. The van der Waals surface area contributed by atoms with Crippen molar-refractivity contribution < 1.29 is 4.48 Å².